The van der Waals surface area contributed by atoms with Crippen molar-refractivity contribution in [1.82, 2.24) is 9.80 Å². The zero-order chi connectivity index (χ0) is 16.8. The Hall–Kier alpha value is -1.63. The summed E-state index contributed by atoms with van der Waals surface area (Å²) in [5.41, 5.74) is 0.822. The number of rotatable bonds is 6. The normalized spacial score (nSPS) is 17.7. The Balaban J connectivity index is 1.75. The van der Waals surface area contributed by atoms with Crippen LogP contribution in [-0.4, -0.2) is 80.3 Å². The van der Waals surface area contributed by atoms with Crippen LogP contribution in [0.25, 0.3) is 0 Å². The van der Waals surface area contributed by atoms with Crippen LogP contribution < -0.4 is 9.64 Å². The number of ether oxygens (including phenoxy) is 1. The van der Waals surface area contributed by atoms with Gasteiger partial charge in [-0.15, -0.1) is 0 Å². The summed E-state index contributed by atoms with van der Waals surface area (Å²) in [4.78, 5) is 17.4. The average molecular weight is 321 g/mol. The second-order valence-corrected chi connectivity index (χ2v) is 6.14. The van der Waals surface area contributed by atoms with Gasteiger partial charge in [-0.05, 0) is 31.3 Å². The van der Waals surface area contributed by atoms with E-state index in [0.29, 0.717) is 12.3 Å². The minimum absolute atomic E-state index is 0.0127. The number of nitrogens with zero attached hydrogens (tertiary/aromatic N) is 3. The third-order valence-corrected chi connectivity index (χ3v) is 4.20. The fraction of sp³-hybridized carbons (Fsp3) is 0.588. The van der Waals surface area contributed by atoms with E-state index in [-0.39, 0.29) is 12.5 Å². The highest BCUT2D eigenvalue weighted by atomic mass is 16.5. The summed E-state index contributed by atoms with van der Waals surface area (Å²) < 4.78 is 5.64. The minimum Gasteiger partial charge on any atom is -0.491 e. The van der Waals surface area contributed by atoms with E-state index in [0.717, 1.165) is 31.9 Å². The summed E-state index contributed by atoms with van der Waals surface area (Å²) in [6.45, 7) is 6.49. The van der Waals surface area contributed by atoms with Gasteiger partial charge in [0.1, 0.15) is 18.5 Å². The Morgan fingerprint density at radius 3 is 2.43 bits per heavy atom. The number of hydrogen-bond acceptors (Lipinski definition) is 5. The van der Waals surface area contributed by atoms with E-state index in [1.807, 2.05) is 24.3 Å². The summed E-state index contributed by atoms with van der Waals surface area (Å²) in [7, 11) is 3.85. The first kappa shape index (κ1) is 17.7. The number of carbonyl (C=O) groups is 1. The van der Waals surface area contributed by atoms with Crippen LogP contribution in [0.5, 0.6) is 5.75 Å². The molecule has 1 N–H and O–H groups in total. The molecule has 6 nitrogen and oxygen atoms in total. The Kier molecular flexibility index (Phi) is 6.38. The quantitative estimate of drug-likeness (QED) is 0.834. The smallest absolute Gasteiger partial charge is 0.223 e. The maximum Gasteiger partial charge on any atom is 0.223 e. The number of β-amino-alcohol motifs (C(OH)–C–C–N with tert-alkyl or cyclic N) is 1. The number of anilines is 1. The van der Waals surface area contributed by atoms with Gasteiger partial charge in [-0.1, -0.05) is 0 Å². The SMILES string of the molecule is CC(=O)N(C)c1ccc(OC[C@H](O)CN2CCN(C)CC2)cc1. The molecule has 6 heteroatoms. The maximum atomic E-state index is 11.3. The molecule has 1 heterocycles. The van der Waals surface area contributed by atoms with E-state index in [2.05, 4.69) is 16.8 Å². The molecular weight excluding hydrogens is 294 g/mol. The van der Waals surface area contributed by atoms with Crippen molar-refractivity contribution in [3.8, 4) is 5.75 Å². The lowest BCUT2D eigenvalue weighted by Crippen LogP contribution is -2.47. The molecule has 1 fully saturated rings. The van der Waals surface area contributed by atoms with Crippen molar-refractivity contribution >= 4 is 11.6 Å². The lowest BCUT2D eigenvalue weighted by Gasteiger charge is -2.33. The van der Waals surface area contributed by atoms with Crippen LogP contribution in [-0.2, 0) is 4.79 Å². The third kappa shape index (κ3) is 5.49. The van der Waals surface area contributed by atoms with Gasteiger partial charge in [0.05, 0.1) is 0 Å². The van der Waals surface area contributed by atoms with Crippen LogP contribution >= 0.6 is 0 Å². The molecule has 0 spiro atoms. The van der Waals surface area contributed by atoms with Gasteiger partial charge in [0, 0.05) is 52.4 Å². The highest BCUT2D eigenvalue weighted by molar-refractivity contribution is 5.90. The zero-order valence-electron chi connectivity index (χ0n) is 14.2. The predicted molar refractivity (Wildman–Crippen MR) is 91.0 cm³/mol. The third-order valence-electron chi connectivity index (χ3n) is 4.20. The van der Waals surface area contributed by atoms with E-state index in [1.165, 1.54) is 6.92 Å². The largest absolute Gasteiger partial charge is 0.491 e. The topological polar surface area (TPSA) is 56.3 Å². The molecule has 0 radical (unpaired) electrons. The van der Waals surface area contributed by atoms with E-state index in [4.69, 9.17) is 4.74 Å². The maximum absolute atomic E-state index is 11.3. The van der Waals surface area contributed by atoms with Crippen LogP contribution in [0.15, 0.2) is 24.3 Å². The molecule has 1 aromatic rings. The molecule has 0 unspecified atom stereocenters. The summed E-state index contributed by atoms with van der Waals surface area (Å²) in [5, 5.41) is 10.1. The molecule has 1 saturated heterocycles. The summed E-state index contributed by atoms with van der Waals surface area (Å²) in [6.07, 6.45) is -0.502. The van der Waals surface area contributed by atoms with Crippen LogP contribution in [0.2, 0.25) is 0 Å². The molecule has 23 heavy (non-hydrogen) atoms. The van der Waals surface area contributed by atoms with Crippen molar-refractivity contribution in [3.63, 3.8) is 0 Å². The Morgan fingerprint density at radius 2 is 1.87 bits per heavy atom. The fourth-order valence-electron chi connectivity index (χ4n) is 2.52. The van der Waals surface area contributed by atoms with Gasteiger partial charge in [-0.3, -0.25) is 9.69 Å². The first-order valence-electron chi connectivity index (χ1n) is 8.02. The highest BCUT2D eigenvalue weighted by Crippen LogP contribution is 2.18. The molecule has 1 aliphatic heterocycles. The van der Waals surface area contributed by atoms with Gasteiger partial charge in [0.2, 0.25) is 5.91 Å². The van der Waals surface area contributed by atoms with Gasteiger partial charge in [0.15, 0.2) is 0 Å². The van der Waals surface area contributed by atoms with Crippen LogP contribution in [0.3, 0.4) is 0 Å². The summed E-state index contributed by atoms with van der Waals surface area (Å²) >= 11 is 0. The van der Waals surface area contributed by atoms with Crippen molar-refractivity contribution in [2.24, 2.45) is 0 Å². The highest BCUT2D eigenvalue weighted by Gasteiger charge is 2.17. The predicted octanol–water partition coefficient (Wildman–Crippen LogP) is 0.656. The lowest BCUT2D eigenvalue weighted by molar-refractivity contribution is -0.116. The minimum atomic E-state index is -0.502. The monoisotopic (exact) mass is 321 g/mol. The molecule has 1 amide bonds. The van der Waals surface area contributed by atoms with E-state index in [9.17, 15) is 9.90 Å². The number of likely N-dealkylation sites (N-methyl/N-ethyl adjacent to an activating group) is 1. The lowest BCUT2D eigenvalue weighted by atomic mass is 10.2. The van der Waals surface area contributed by atoms with Crippen LogP contribution in [0.4, 0.5) is 5.69 Å². The summed E-state index contributed by atoms with van der Waals surface area (Å²) in [5.74, 6) is 0.685. The molecule has 2 rings (SSSR count). The number of hydrogen-bond donors (Lipinski definition) is 1. The van der Waals surface area contributed by atoms with Crippen molar-refractivity contribution in [3.05, 3.63) is 24.3 Å². The first-order valence-corrected chi connectivity index (χ1v) is 8.02. The number of amides is 1. The van der Waals surface area contributed by atoms with Gasteiger partial charge >= 0.3 is 0 Å². The van der Waals surface area contributed by atoms with E-state index in [1.54, 1.807) is 11.9 Å². The van der Waals surface area contributed by atoms with E-state index >= 15 is 0 Å². The summed E-state index contributed by atoms with van der Waals surface area (Å²) in [6, 6.07) is 7.31. The van der Waals surface area contributed by atoms with Gasteiger partial charge in [-0.2, -0.15) is 0 Å². The average Bonchev–Trinajstić information content (AvgIpc) is 2.55. The van der Waals surface area contributed by atoms with Crippen molar-refractivity contribution in [1.29, 1.82) is 0 Å². The van der Waals surface area contributed by atoms with Crippen molar-refractivity contribution in [2.75, 3.05) is 58.3 Å². The molecule has 0 aromatic heterocycles. The number of aliphatic hydroxyl groups excluding tert-OH is 1. The Bertz CT molecular complexity index is 498. The van der Waals surface area contributed by atoms with Crippen LogP contribution in [0.1, 0.15) is 6.92 Å². The number of benzene rings is 1. The number of carbonyl (C=O) groups excluding carboxylic acids is 1. The Labute approximate surface area is 138 Å². The molecule has 1 aromatic carbocycles. The van der Waals surface area contributed by atoms with Gasteiger partial charge < -0.3 is 19.6 Å². The van der Waals surface area contributed by atoms with E-state index < -0.39 is 6.10 Å². The van der Waals surface area contributed by atoms with Crippen molar-refractivity contribution < 1.29 is 14.6 Å². The molecule has 0 aliphatic carbocycles. The first-order chi connectivity index (χ1) is 11.0. The molecule has 128 valence electrons. The Morgan fingerprint density at radius 1 is 1.26 bits per heavy atom. The zero-order valence-corrected chi connectivity index (χ0v) is 14.2. The standard InChI is InChI=1S/C17H27N3O3/c1-14(21)19(3)15-4-6-17(7-5-15)23-13-16(22)12-20-10-8-18(2)9-11-20/h4-7,16,22H,8-13H2,1-3H3/t16-/m1/s1. The van der Waals surface area contributed by atoms with Crippen molar-refractivity contribution in [2.45, 2.75) is 13.0 Å². The molecule has 1 atom stereocenters. The number of piperazine rings is 1. The van der Waals surface area contributed by atoms with Gasteiger partial charge in [-0.25, -0.2) is 0 Å². The fourth-order valence-corrected chi connectivity index (χ4v) is 2.52. The second-order valence-electron chi connectivity index (χ2n) is 6.14. The van der Waals surface area contributed by atoms with Gasteiger partial charge in [0.25, 0.3) is 0 Å². The number of aliphatic hydroxyl groups is 1. The molecule has 0 saturated carbocycles. The van der Waals surface area contributed by atoms with Crippen LogP contribution in [0, 0.1) is 0 Å². The molecule has 1 aliphatic rings. The second kappa shape index (κ2) is 8.29. The molecular formula is C17H27N3O3. The molecule has 0 bridgehead atoms.